The minimum absolute atomic E-state index is 0.0381. The van der Waals surface area contributed by atoms with Crippen LogP contribution in [0, 0.1) is 0 Å². The summed E-state index contributed by atoms with van der Waals surface area (Å²) in [7, 11) is 0. The number of nitrogens with zero attached hydrogens (tertiary/aromatic N) is 2. The highest BCUT2D eigenvalue weighted by molar-refractivity contribution is 5.94. The third kappa shape index (κ3) is 3.24. The third-order valence-corrected chi connectivity index (χ3v) is 3.20. The van der Waals surface area contributed by atoms with Gasteiger partial charge in [0.05, 0.1) is 0 Å². The molecule has 1 N–H and O–H groups in total. The number of carbonyl (C=O) groups is 2. The molecule has 5 nitrogen and oxygen atoms in total. The Kier molecular flexibility index (Phi) is 4.39. The Morgan fingerprint density at radius 1 is 1.05 bits per heavy atom. The van der Waals surface area contributed by atoms with Crippen molar-refractivity contribution in [1.29, 1.82) is 0 Å². The summed E-state index contributed by atoms with van der Waals surface area (Å²) in [6, 6.07) is 9.20. The van der Waals surface area contributed by atoms with Crippen LogP contribution in [0.4, 0.5) is 4.79 Å². The van der Waals surface area contributed by atoms with Gasteiger partial charge in [-0.2, -0.15) is 0 Å². The molecule has 3 amide bonds. The van der Waals surface area contributed by atoms with Crippen molar-refractivity contribution < 1.29 is 9.59 Å². The maximum atomic E-state index is 12.2. The van der Waals surface area contributed by atoms with Crippen molar-refractivity contribution in [3.63, 3.8) is 0 Å². The third-order valence-electron chi connectivity index (χ3n) is 3.20. The van der Waals surface area contributed by atoms with Crippen molar-refractivity contribution >= 4 is 11.9 Å². The van der Waals surface area contributed by atoms with Gasteiger partial charge in [0.1, 0.15) is 0 Å². The summed E-state index contributed by atoms with van der Waals surface area (Å²) in [4.78, 5) is 27.4. The fraction of sp³-hybridized carbons (Fsp3) is 0.429. The number of amides is 3. The molecule has 1 aliphatic heterocycles. The SMILES string of the molecule is CCNC(=O)N1CCN(C(=O)c2ccccc2)CC1. The highest BCUT2D eigenvalue weighted by Gasteiger charge is 2.24. The van der Waals surface area contributed by atoms with E-state index in [4.69, 9.17) is 0 Å². The molecule has 0 spiro atoms. The van der Waals surface area contributed by atoms with E-state index in [9.17, 15) is 9.59 Å². The van der Waals surface area contributed by atoms with E-state index >= 15 is 0 Å². The summed E-state index contributed by atoms with van der Waals surface area (Å²) >= 11 is 0. The van der Waals surface area contributed by atoms with Gasteiger partial charge < -0.3 is 15.1 Å². The number of piperazine rings is 1. The van der Waals surface area contributed by atoms with Gasteiger partial charge >= 0.3 is 6.03 Å². The van der Waals surface area contributed by atoms with Crippen LogP contribution >= 0.6 is 0 Å². The Labute approximate surface area is 113 Å². The number of hydrogen-bond acceptors (Lipinski definition) is 2. The first kappa shape index (κ1) is 13.4. The monoisotopic (exact) mass is 261 g/mol. The summed E-state index contributed by atoms with van der Waals surface area (Å²) in [5, 5.41) is 2.77. The van der Waals surface area contributed by atoms with Crippen molar-refractivity contribution in [3.8, 4) is 0 Å². The van der Waals surface area contributed by atoms with E-state index in [1.807, 2.05) is 37.3 Å². The molecular formula is C14H19N3O2. The van der Waals surface area contributed by atoms with E-state index in [0.717, 1.165) is 0 Å². The van der Waals surface area contributed by atoms with Crippen molar-refractivity contribution in [2.24, 2.45) is 0 Å². The molecule has 5 heteroatoms. The summed E-state index contributed by atoms with van der Waals surface area (Å²) in [5.41, 5.74) is 0.703. The molecule has 0 saturated carbocycles. The molecule has 0 aromatic heterocycles. The van der Waals surface area contributed by atoms with E-state index in [0.29, 0.717) is 38.3 Å². The average molecular weight is 261 g/mol. The van der Waals surface area contributed by atoms with Crippen LogP contribution in [0.1, 0.15) is 17.3 Å². The molecular weight excluding hydrogens is 242 g/mol. The lowest BCUT2D eigenvalue weighted by atomic mass is 10.2. The quantitative estimate of drug-likeness (QED) is 0.869. The van der Waals surface area contributed by atoms with Crippen molar-refractivity contribution in [2.45, 2.75) is 6.92 Å². The van der Waals surface area contributed by atoms with E-state index in [-0.39, 0.29) is 11.9 Å². The Hall–Kier alpha value is -2.04. The molecule has 1 saturated heterocycles. The van der Waals surface area contributed by atoms with Crippen LogP contribution in [-0.2, 0) is 0 Å². The lowest BCUT2D eigenvalue weighted by Crippen LogP contribution is -2.53. The van der Waals surface area contributed by atoms with E-state index in [1.54, 1.807) is 9.80 Å². The first-order chi connectivity index (χ1) is 9.22. The number of hydrogen-bond donors (Lipinski definition) is 1. The zero-order valence-electron chi connectivity index (χ0n) is 11.1. The number of urea groups is 1. The molecule has 102 valence electrons. The minimum atomic E-state index is -0.0469. The van der Waals surface area contributed by atoms with Gasteiger partial charge in [0.2, 0.25) is 0 Å². The largest absolute Gasteiger partial charge is 0.338 e. The Morgan fingerprint density at radius 3 is 2.21 bits per heavy atom. The second-order valence-electron chi connectivity index (χ2n) is 4.48. The molecule has 0 aliphatic carbocycles. The molecule has 2 rings (SSSR count). The summed E-state index contributed by atoms with van der Waals surface area (Å²) in [5.74, 6) is 0.0381. The van der Waals surface area contributed by atoms with Gasteiger partial charge in [0.25, 0.3) is 5.91 Å². The van der Waals surface area contributed by atoms with Crippen LogP contribution < -0.4 is 5.32 Å². The zero-order chi connectivity index (χ0) is 13.7. The lowest BCUT2D eigenvalue weighted by molar-refractivity contribution is 0.0665. The molecule has 1 aliphatic rings. The summed E-state index contributed by atoms with van der Waals surface area (Å²) < 4.78 is 0. The first-order valence-corrected chi connectivity index (χ1v) is 6.59. The van der Waals surface area contributed by atoms with Gasteiger partial charge in [-0.1, -0.05) is 18.2 Å². The van der Waals surface area contributed by atoms with Gasteiger partial charge in [-0.3, -0.25) is 4.79 Å². The predicted octanol–water partition coefficient (Wildman–Crippen LogP) is 1.17. The second-order valence-corrected chi connectivity index (χ2v) is 4.48. The Balaban J connectivity index is 1.90. The number of benzene rings is 1. The molecule has 1 heterocycles. The van der Waals surface area contributed by atoms with Crippen LogP contribution in [0.2, 0.25) is 0 Å². The minimum Gasteiger partial charge on any atom is -0.338 e. The fourth-order valence-electron chi connectivity index (χ4n) is 2.14. The lowest BCUT2D eigenvalue weighted by Gasteiger charge is -2.34. The maximum absolute atomic E-state index is 12.2. The van der Waals surface area contributed by atoms with Crippen molar-refractivity contribution in [1.82, 2.24) is 15.1 Å². The Bertz CT molecular complexity index is 439. The normalized spacial score (nSPS) is 15.2. The molecule has 0 radical (unpaired) electrons. The summed E-state index contributed by atoms with van der Waals surface area (Å²) in [6.45, 7) is 4.87. The van der Waals surface area contributed by atoms with Gasteiger partial charge in [-0.15, -0.1) is 0 Å². The number of rotatable bonds is 2. The van der Waals surface area contributed by atoms with Crippen LogP contribution in [0.15, 0.2) is 30.3 Å². The molecule has 1 fully saturated rings. The zero-order valence-corrected chi connectivity index (χ0v) is 11.1. The van der Waals surface area contributed by atoms with Gasteiger partial charge in [0, 0.05) is 38.3 Å². The van der Waals surface area contributed by atoms with Crippen molar-refractivity contribution in [3.05, 3.63) is 35.9 Å². The van der Waals surface area contributed by atoms with E-state index < -0.39 is 0 Å². The van der Waals surface area contributed by atoms with Gasteiger partial charge in [0.15, 0.2) is 0 Å². The van der Waals surface area contributed by atoms with Gasteiger partial charge in [-0.25, -0.2) is 4.79 Å². The highest BCUT2D eigenvalue weighted by atomic mass is 16.2. The predicted molar refractivity (Wildman–Crippen MR) is 73.0 cm³/mol. The first-order valence-electron chi connectivity index (χ1n) is 6.59. The standard InChI is InChI=1S/C14H19N3O2/c1-2-15-14(19)17-10-8-16(9-11-17)13(18)12-6-4-3-5-7-12/h3-7H,2,8-11H2,1H3,(H,15,19). The van der Waals surface area contributed by atoms with Crippen LogP contribution in [-0.4, -0.2) is 54.5 Å². The second kappa shape index (κ2) is 6.22. The maximum Gasteiger partial charge on any atom is 0.317 e. The number of carbonyl (C=O) groups excluding carboxylic acids is 2. The molecule has 0 unspecified atom stereocenters. The van der Waals surface area contributed by atoms with E-state index in [1.165, 1.54) is 0 Å². The fourth-order valence-corrected chi connectivity index (χ4v) is 2.14. The molecule has 19 heavy (non-hydrogen) atoms. The van der Waals surface area contributed by atoms with E-state index in [2.05, 4.69) is 5.32 Å². The average Bonchev–Trinajstić information content (AvgIpc) is 2.48. The van der Waals surface area contributed by atoms with Gasteiger partial charge in [-0.05, 0) is 19.1 Å². The summed E-state index contributed by atoms with van der Waals surface area (Å²) in [6.07, 6.45) is 0. The molecule has 0 bridgehead atoms. The highest BCUT2D eigenvalue weighted by Crippen LogP contribution is 2.08. The molecule has 1 aromatic rings. The van der Waals surface area contributed by atoms with Crippen LogP contribution in [0.5, 0.6) is 0 Å². The molecule has 0 atom stereocenters. The molecule has 1 aromatic carbocycles. The van der Waals surface area contributed by atoms with Crippen LogP contribution in [0.25, 0.3) is 0 Å². The topological polar surface area (TPSA) is 52.7 Å². The smallest absolute Gasteiger partial charge is 0.317 e. The van der Waals surface area contributed by atoms with Crippen LogP contribution in [0.3, 0.4) is 0 Å². The Morgan fingerprint density at radius 2 is 1.63 bits per heavy atom. The number of nitrogens with one attached hydrogen (secondary N) is 1. The van der Waals surface area contributed by atoms with Crippen molar-refractivity contribution in [2.75, 3.05) is 32.7 Å².